The van der Waals surface area contributed by atoms with Gasteiger partial charge in [-0.25, -0.2) is 4.39 Å². The van der Waals surface area contributed by atoms with Crippen LogP contribution in [0.25, 0.3) is 0 Å². The first kappa shape index (κ1) is 11.7. The first-order chi connectivity index (χ1) is 7.26. The van der Waals surface area contributed by atoms with Gasteiger partial charge in [-0.15, -0.1) is 12.3 Å². The van der Waals surface area contributed by atoms with E-state index in [9.17, 15) is 4.39 Å². The van der Waals surface area contributed by atoms with E-state index in [1.807, 2.05) is 0 Å². The fourth-order valence-corrected chi connectivity index (χ4v) is 1.37. The van der Waals surface area contributed by atoms with Crippen molar-refractivity contribution in [2.24, 2.45) is 0 Å². The van der Waals surface area contributed by atoms with E-state index in [0.717, 1.165) is 24.9 Å². The summed E-state index contributed by atoms with van der Waals surface area (Å²) in [7, 11) is 0. The van der Waals surface area contributed by atoms with Crippen LogP contribution in [0.5, 0.6) is 0 Å². The zero-order chi connectivity index (χ0) is 11.1. The van der Waals surface area contributed by atoms with Crippen LogP contribution in [0.1, 0.15) is 25.3 Å². The molecule has 0 amide bonds. The minimum absolute atomic E-state index is 0.200. The number of terminal acetylenes is 1. The Morgan fingerprint density at radius 3 is 2.60 bits per heavy atom. The van der Waals surface area contributed by atoms with E-state index in [-0.39, 0.29) is 5.82 Å². The molecule has 1 nitrogen and oxygen atoms in total. The molecule has 0 fully saturated rings. The number of hydrogen-bond acceptors (Lipinski definition) is 1. The molecule has 0 bridgehead atoms. The Morgan fingerprint density at radius 1 is 1.40 bits per heavy atom. The van der Waals surface area contributed by atoms with Gasteiger partial charge in [-0.3, -0.25) is 0 Å². The lowest BCUT2D eigenvalue weighted by molar-refractivity contribution is 0.506. The molecule has 1 aromatic rings. The average molecular weight is 205 g/mol. The van der Waals surface area contributed by atoms with Crippen LogP contribution in [0.15, 0.2) is 24.3 Å². The number of hydrogen-bond donors (Lipinski definition) is 1. The van der Waals surface area contributed by atoms with E-state index in [0.29, 0.717) is 6.04 Å². The summed E-state index contributed by atoms with van der Waals surface area (Å²) in [6, 6.07) is 6.86. The highest BCUT2D eigenvalue weighted by Crippen LogP contribution is 2.04. The first-order valence-corrected chi connectivity index (χ1v) is 5.17. The zero-order valence-electron chi connectivity index (χ0n) is 8.96. The van der Waals surface area contributed by atoms with E-state index >= 15 is 0 Å². The van der Waals surface area contributed by atoms with Gasteiger partial charge in [0, 0.05) is 19.0 Å². The molecule has 0 aromatic heterocycles. The number of halogens is 1. The van der Waals surface area contributed by atoms with Gasteiger partial charge in [0.1, 0.15) is 5.82 Å². The molecule has 0 radical (unpaired) electrons. The van der Waals surface area contributed by atoms with Crippen LogP contribution in [0.3, 0.4) is 0 Å². The van der Waals surface area contributed by atoms with Gasteiger partial charge in [0.25, 0.3) is 0 Å². The molecule has 80 valence electrons. The second kappa shape index (κ2) is 6.21. The molecule has 1 N–H and O–H groups in total. The minimum atomic E-state index is -0.200. The molecule has 2 heteroatoms. The summed E-state index contributed by atoms with van der Waals surface area (Å²) in [5, 5.41) is 3.34. The zero-order valence-corrected chi connectivity index (χ0v) is 8.96. The average Bonchev–Trinajstić information content (AvgIpc) is 2.26. The minimum Gasteiger partial charge on any atom is -0.309 e. The maximum Gasteiger partial charge on any atom is 0.123 e. The van der Waals surface area contributed by atoms with E-state index in [1.54, 1.807) is 12.1 Å². The van der Waals surface area contributed by atoms with Crippen molar-refractivity contribution in [1.29, 1.82) is 0 Å². The molecular weight excluding hydrogens is 189 g/mol. The third-order valence-electron chi connectivity index (χ3n) is 2.37. The van der Waals surface area contributed by atoms with Crippen LogP contribution in [0.4, 0.5) is 4.39 Å². The highest BCUT2D eigenvalue weighted by molar-refractivity contribution is 5.15. The van der Waals surface area contributed by atoms with Crippen molar-refractivity contribution in [1.82, 2.24) is 5.32 Å². The van der Waals surface area contributed by atoms with Crippen LogP contribution < -0.4 is 5.32 Å². The molecule has 0 aliphatic heterocycles. The van der Waals surface area contributed by atoms with Crippen molar-refractivity contribution < 1.29 is 4.39 Å². The molecule has 0 aliphatic rings. The summed E-state index contributed by atoms with van der Waals surface area (Å²) in [5.41, 5.74) is 1.08. The molecule has 0 spiro atoms. The second-order valence-electron chi connectivity index (χ2n) is 3.52. The molecule has 15 heavy (non-hydrogen) atoms. The maximum atomic E-state index is 12.6. The molecule has 0 heterocycles. The summed E-state index contributed by atoms with van der Waals surface area (Å²) in [6.45, 7) is 2.83. The maximum absolute atomic E-state index is 12.6. The largest absolute Gasteiger partial charge is 0.309 e. The SMILES string of the molecule is C#CCC(CC)NCc1ccc(F)cc1. The highest BCUT2D eigenvalue weighted by atomic mass is 19.1. The summed E-state index contributed by atoms with van der Waals surface area (Å²) in [4.78, 5) is 0. The van der Waals surface area contributed by atoms with Gasteiger partial charge in [-0.05, 0) is 24.1 Å². The van der Waals surface area contributed by atoms with Crippen molar-refractivity contribution >= 4 is 0 Å². The Morgan fingerprint density at radius 2 is 2.07 bits per heavy atom. The third kappa shape index (κ3) is 4.14. The molecular formula is C13H16FN. The number of benzene rings is 1. The van der Waals surface area contributed by atoms with Gasteiger partial charge in [0.05, 0.1) is 0 Å². The quantitative estimate of drug-likeness (QED) is 0.729. The van der Waals surface area contributed by atoms with Gasteiger partial charge in [-0.1, -0.05) is 19.1 Å². The Hall–Kier alpha value is -1.33. The van der Waals surface area contributed by atoms with Crippen LogP contribution in [-0.4, -0.2) is 6.04 Å². The van der Waals surface area contributed by atoms with Gasteiger partial charge >= 0.3 is 0 Å². The standard InChI is InChI=1S/C13H16FN/c1-3-5-13(4-2)15-10-11-6-8-12(14)9-7-11/h1,6-9,13,15H,4-5,10H2,2H3. The lowest BCUT2D eigenvalue weighted by Crippen LogP contribution is -2.27. The normalized spacial score (nSPS) is 12.1. The summed E-state index contributed by atoms with van der Waals surface area (Å²) in [6.07, 6.45) is 6.99. The van der Waals surface area contributed by atoms with Crippen LogP contribution >= 0.6 is 0 Å². The fourth-order valence-electron chi connectivity index (χ4n) is 1.37. The fraction of sp³-hybridized carbons (Fsp3) is 0.385. The lowest BCUT2D eigenvalue weighted by atomic mass is 10.1. The number of nitrogens with one attached hydrogen (secondary N) is 1. The Bertz CT molecular complexity index is 323. The van der Waals surface area contributed by atoms with Gasteiger partial charge < -0.3 is 5.32 Å². The topological polar surface area (TPSA) is 12.0 Å². The van der Waals surface area contributed by atoms with E-state index in [2.05, 4.69) is 18.2 Å². The van der Waals surface area contributed by atoms with Crippen LogP contribution in [0.2, 0.25) is 0 Å². The van der Waals surface area contributed by atoms with Crippen LogP contribution in [0, 0.1) is 18.2 Å². The lowest BCUT2D eigenvalue weighted by Gasteiger charge is -2.13. The summed E-state index contributed by atoms with van der Waals surface area (Å²) >= 11 is 0. The van der Waals surface area contributed by atoms with E-state index in [1.165, 1.54) is 12.1 Å². The molecule has 1 atom stereocenters. The molecule has 0 saturated heterocycles. The van der Waals surface area contributed by atoms with Crippen molar-refractivity contribution in [3.05, 3.63) is 35.6 Å². The van der Waals surface area contributed by atoms with Crippen molar-refractivity contribution in [2.45, 2.75) is 32.4 Å². The first-order valence-electron chi connectivity index (χ1n) is 5.17. The van der Waals surface area contributed by atoms with Gasteiger partial charge in [-0.2, -0.15) is 0 Å². The predicted octanol–water partition coefficient (Wildman–Crippen LogP) is 2.72. The van der Waals surface area contributed by atoms with E-state index in [4.69, 9.17) is 6.42 Å². The van der Waals surface area contributed by atoms with Crippen molar-refractivity contribution in [3.63, 3.8) is 0 Å². The van der Waals surface area contributed by atoms with Crippen molar-refractivity contribution in [3.8, 4) is 12.3 Å². The third-order valence-corrected chi connectivity index (χ3v) is 2.37. The molecule has 0 saturated carbocycles. The Balaban J connectivity index is 2.42. The van der Waals surface area contributed by atoms with Crippen molar-refractivity contribution in [2.75, 3.05) is 0 Å². The molecule has 0 aliphatic carbocycles. The predicted molar refractivity (Wildman–Crippen MR) is 60.8 cm³/mol. The Labute approximate surface area is 90.7 Å². The monoisotopic (exact) mass is 205 g/mol. The van der Waals surface area contributed by atoms with E-state index < -0.39 is 0 Å². The number of rotatable bonds is 5. The molecule has 1 aromatic carbocycles. The highest BCUT2D eigenvalue weighted by Gasteiger charge is 2.03. The van der Waals surface area contributed by atoms with Crippen LogP contribution in [-0.2, 0) is 6.54 Å². The van der Waals surface area contributed by atoms with Gasteiger partial charge in [0.2, 0.25) is 0 Å². The summed E-state index contributed by atoms with van der Waals surface area (Å²) < 4.78 is 12.6. The van der Waals surface area contributed by atoms with Gasteiger partial charge in [0.15, 0.2) is 0 Å². The molecule has 1 rings (SSSR count). The second-order valence-corrected chi connectivity index (χ2v) is 3.52. The smallest absolute Gasteiger partial charge is 0.123 e. The molecule has 1 unspecified atom stereocenters. The summed E-state index contributed by atoms with van der Waals surface area (Å²) in [5.74, 6) is 2.44. The Kier molecular flexibility index (Phi) is 4.86.